The van der Waals surface area contributed by atoms with Crippen molar-refractivity contribution in [3.8, 4) is 11.5 Å². The Morgan fingerprint density at radius 2 is 1.82 bits per heavy atom. The van der Waals surface area contributed by atoms with Gasteiger partial charge in [0.05, 0.1) is 12.7 Å². The van der Waals surface area contributed by atoms with Crippen LogP contribution < -0.4 is 15.2 Å². The van der Waals surface area contributed by atoms with Crippen molar-refractivity contribution in [1.82, 2.24) is 0 Å². The summed E-state index contributed by atoms with van der Waals surface area (Å²) in [6.07, 6.45) is 0. The zero-order valence-corrected chi connectivity index (χ0v) is 11.8. The second-order valence-electron chi connectivity index (χ2n) is 4.45. The molecule has 2 aromatic rings. The van der Waals surface area contributed by atoms with Gasteiger partial charge in [-0.15, -0.1) is 0 Å². The Bertz CT molecular complexity index is 698. The van der Waals surface area contributed by atoms with Crippen LogP contribution >= 0.6 is 0 Å². The summed E-state index contributed by atoms with van der Waals surface area (Å²) in [6, 6.07) is 9.71. The Balaban J connectivity index is 2.06. The summed E-state index contributed by atoms with van der Waals surface area (Å²) < 4.78 is 23.6. The summed E-state index contributed by atoms with van der Waals surface area (Å²) in [5, 5.41) is 0. The molecule has 2 rings (SSSR count). The summed E-state index contributed by atoms with van der Waals surface area (Å²) in [6.45, 7) is -0.282. The molecule has 0 unspecified atom stereocenters. The summed E-state index contributed by atoms with van der Waals surface area (Å²) in [4.78, 5) is 23.0. The van der Waals surface area contributed by atoms with E-state index < -0.39 is 17.5 Å². The summed E-state index contributed by atoms with van der Waals surface area (Å²) >= 11 is 0. The first kappa shape index (κ1) is 15.5. The van der Waals surface area contributed by atoms with Crippen LogP contribution in [0.25, 0.3) is 0 Å². The molecular formula is C16H14FNO4. The maximum Gasteiger partial charge on any atom is 0.248 e. The number of hydrogen-bond donors (Lipinski definition) is 1. The third-order valence-corrected chi connectivity index (χ3v) is 2.97. The Hall–Kier alpha value is -2.89. The van der Waals surface area contributed by atoms with Crippen LogP contribution in [-0.4, -0.2) is 25.4 Å². The fourth-order valence-electron chi connectivity index (χ4n) is 1.84. The van der Waals surface area contributed by atoms with E-state index in [0.717, 1.165) is 6.07 Å². The first-order valence-corrected chi connectivity index (χ1v) is 6.40. The highest BCUT2D eigenvalue weighted by Crippen LogP contribution is 2.20. The number of hydrogen-bond acceptors (Lipinski definition) is 4. The lowest BCUT2D eigenvalue weighted by atomic mass is 10.1. The summed E-state index contributed by atoms with van der Waals surface area (Å²) in [7, 11) is 1.40. The van der Waals surface area contributed by atoms with Gasteiger partial charge in [0.25, 0.3) is 0 Å². The van der Waals surface area contributed by atoms with E-state index >= 15 is 0 Å². The molecule has 0 atom stereocenters. The topological polar surface area (TPSA) is 78.6 Å². The van der Waals surface area contributed by atoms with Gasteiger partial charge in [0, 0.05) is 5.56 Å². The van der Waals surface area contributed by atoms with Gasteiger partial charge < -0.3 is 15.2 Å². The molecule has 22 heavy (non-hydrogen) atoms. The van der Waals surface area contributed by atoms with E-state index in [4.69, 9.17) is 15.2 Å². The van der Waals surface area contributed by atoms with Crippen molar-refractivity contribution in [3.63, 3.8) is 0 Å². The molecule has 0 heterocycles. The maximum atomic E-state index is 13.2. The molecule has 0 aliphatic heterocycles. The predicted molar refractivity (Wildman–Crippen MR) is 77.7 cm³/mol. The number of carbonyl (C=O) groups is 2. The number of benzene rings is 2. The Morgan fingerprint density at radius 1 is 1.14 bits per heavy atom. The van der Waals surface area contributed by atoms with Crippen LogP contribution in [0.5, 0.6) is 11.5 Å². The van der Waals surface area contributed by atoms with Crippen molar-refractivity contribution >= 4 is 11.7 Å². The van der Waals surface area contributed by atoms with Crippen LogP contribution in [0.2, 0.25) is 0 Å². The highest BCUT2D eigenvalue weighted by Gasteiger charge is 2.14. The normalized spacial score (nSPS) is 10.1. The number of rotatable bonds is 6. The fourth-order valence-corrected chi connectivity index (χ4v) is 1.84. The van der Waals surface area contributed by atoms with Gasteiger partial charge in [-0.3, -0.25) is 9.59 Å². The van der Waals surface area contributed by atoms with Gasteiger partial charge in [0.1, 0.15) is 17.3 Å². The number of nitrogens with two attached hydrogens (primary N) is 1. The van der Waals surface area contributed by atoms with Gasteiger partial charge in [0.2, 0.25) is 11.7 Å². The molecule has 6 heteroatoms. The van der Waals surface area contributed by atoms with E-state index in [2.05, 4.69) is 0 Å². The molecule has 0 spiro atoms. The van der Waals surface area contributed by atoms with E-state index in [-0.39, 0.29) is 17.9 Å². The molecular weight excluding hydrogens is 289 g/mol. The molecule has 0 saturated heterocycles. The second-order valence-corrected chi connectivity index (χ2v) is 4.45. The lowest BCUT2D eigenvalue weighted by Gasteiger charge is -2.09. The Kier molecular flexibility index (Phi) is 4.73. The van der Waals surface area contributed by atoms with E-state index in [1.165, 1.54) is 43.5 Å². The zero-order chi connectivity index (χ0) is 16.1. The Morgan fingerprint density at radius 3 is 2.41 bits per heavy atom. The van der Waals surface area contributed by atoms with E-state index in [0.29, 0.717) is 11.3 Å². The summed E-state index contributed by atoms with van der Waals surface area (Å²) in [5.74, 6) is -0.829. The minimum atomic E-state index is -0.549. The minimum Gasteiger partial charge on any atom is -0.496 e. The number of halogens is 1. The molecule has 5 nitrogen and oxygen atoms in total. The smallest absolute Gasteiger partial charge is 0.248 e. The molecule has 0 aliphatic rings. The number of Topliss-reactive ketones (excluding diaryl/α,β-unsaturated/α-hetero) is 1. The highest BCUT2D eigenvalue weighted by atomic mass is 19.1. The van der Waals surface area contributed by atoms with E-state index in [9.17, 15) is 14.0 Å². The van der Waals surface area contributed by atoms with Crippen molar-refractivity contribution in [1.29, 1.82) is 0 Å². The number of ether oxygens (including phenoxy) is 2. The van der Waals surface area contributed by atoms with Crippen LogP contribution in [0, 0.1) is 5.82 Å². The average Bonchev–Trinajstić information content (AvgIpc) is 2.53. The summed E-state index contributed by atoms with van der Waals surface area (Å²) in [5.41, 5.74) is 5.57. The quantitative estimate of drug-likeness (QED) is 0.830. The standard InChI is InChI=1S/C16H14FNO4/c1-21-15-7-4-11(17)8-13(15)14(19)9-22-12-5-2-10(3-6-12)16(18)20/h2-8H,9H2,1H3,(H2,18,20). The average molecular weight is 303 g/mol. The van der Waals surface area contributed by atoms with Crippen LogP contribution in [0.3, 0.4) is 0 Å². The lowest BCUT2D eigenvalue weighted by Crippen LogP contribution is -2.13. The van der Waals surface area contributed by atoms with Crippen LogP contribution in [0.15, 0.2) is 42.5 Å². The van der Waals surface area contributed by atoms with Gasteiger partial charge in [-0.25, -0.2) is 4.39 Å². The SMILES string of the molecule is COc1ccc(F)cc1C(=O)COc1ccc(C(N)=O)cc1. The molecule has 2 N–H and O–H groups in total. The van der Waals surface area contributed by atoms with Crippen molar-refractivity contribution in [2.75, 3.05) is 13.7 Å². The van der Waals surface area contributed by atoms with Crippen LogP contribution in [0.4, 0.5) is 4.39 Å². The molecule has 0 aliphatic carbocycles. The largest absolute Gasteiger partial charge is 0.496 e. The maximum absolute atomic E-state index is 13.2. The molecule has 1 amide bonds. The highest BCUT2D eigenvalue weighted by molar-refractivity contribution is 5.99. The molecule has 114 valence electrons. The Labute approximate surface area is 126 Å². The van der Waals surface area contributed by atoms with E-state index in [1.807, 2.05) is 0 Å². The predicted octanol–water partition coefficient (Wildman–Crippen LogP) is 2.19. The second kappa shape index (κ2) is 6.71. The number of carbonyl (C=O) groups excluding carboxylic acids is 2. The minimum absolute atomic E-state index is 0.108. The lowest BCUT2D eigenvalue weighted by molar-refractivity contribution is 0.0916. The molecule has 0 saturated carbocycles. The molecule has 0 aromatic heterocycles. The fraction of sp³-hybridized carbons (Fsp3) is 0.125. The van der Waals surface area contributed by atoms with Gasteiger partial charge in [0.15, 0.2) is 6.61 Å². The molecule has 0 bridgehead atoms. The van der Waals surface area contributed by atoms with Crippen molar-refractivity contribution in [2.45, 2.75) is 0 Å². The van der Waals surface area contributed by atoms with Gasteiger partial charge in [-0.1, -0.05) is 0 Å². The third kappa shape index (κ3) is 3.60. The first-order valence-electron chi connectivity index (χ1n) is 6.40. The van der Waals surface area contributed by atoms with Crippen molar-refractivity contribution in [2.24, 2.45) is 5.73 Å². The van der Waals surface area contributed by atoms with Crippen molar-refractivity contribution in [3.05, 3.63) is 59.4 Å². The molecule has 2 aromatic carbocycles. The monoisotopic (exact) mass is 303 g/mol. The van der Waals surface area contributed by atoms with Gasteiger partial charge in [-0.05, 0) is 42.5 Å². The molecule has 0 fully saturated rings. The van der Waals surface area contributed by atoms with E-state index in [1.54, 1.807) is 0 Å². The van der Waals surface area contributed by atoms with Crippen LogP contribution in [-0.2, 0) is 0 Å². The third-order valence-electron chi connectivity index (χ3n) is 2.97. The molecule has 0 radical (unpaired) electrons. The van der Waals surface area contributed by atoms with Crippen molar-refractivity contribution < 1.29 is 23.5 Å². The first-order chi connectivity index (χ1) is 10.5. The van der Waals surface area contributed by atoms with Gasteiger partial charge >= 0.3 is 0 Å². The number of ketones is 1. The number of amides is 1. The zero-order valence-electron chi connectivity index (χ0n) is 11.8. The van der Waals surface area contributed by atoms with Crippen LogP contribution in [0.1, 0.15) is 20.7 Å². The van der Waals surface area contributed by atoms with Gasteiger partial charge in [-0.2, -0.15) is 0 Å². The number of primary amides is 1. The number of methoxy groups -OCH3 is 1.